The Kier molecular flexibility index (Phi) is 4.30. The van der Waals surface area contributed by atoms with Gasteiger partial charge in [0.15, 0.2) is 0 Å². The first-order valence-electron chi connectivity index (χ1n) is 5.63. The van der Waals surface area contributed by atoms with Crippen LogP contribution in [0.15, 0.2) is 35.1 Å². The molecule has 0 atom stereocenters. The highest BCUT2D eigenvalue weighted by Crippen LogP contribution is 2.27. The normalized spacial score (nSPS) is 10.7. The summed E-state index contributed by atoms with van der Waals surface area (Å²) >= 11 is 9.40. The Hall–Kier alpha value is -1.000. The molecule has 0 saturated carbocycles. The van der Waals surface area contributed by atoms with Gasteiger partial charge in [-0.3, -0.25) is 0 Å². The van der Waals surface area contributed by atoms with Crippen LogP contribution >= 0.6 is 27.5 Å². The van der Waals surface area contributed by atoms with Crippen molar-refractivity contribution in [1.29, 1.82) is 0 Å². The summed E-state index contributed by atoms with van der Waals surface area (Å²) in [5.41, 5.74) is 2.24. The molecule has 0 amide bonds. The van der Waals surface area contributed by atoms with E-state index in [1.807, 2.05) is 30.1 Å². The van der Waals surface area contributed by atoms with Crippen molar-refractivity contribution in [2.24, 2.45) is 7.05 Å². The fourth-order valence-electron chi connectivity index (χ4n) is 1.79. The van der Waals surface area contributed by atoms with Crippen molar-refractivity contribution >= 4 is 33.2 Å². The molecule has 0 N–H and O–H groups in total. The van der Waals surface area contributed by atoms with E-state index in [0.29, 0.717) is 5.88 Å². The van der Waals surface area contributed by atoms with Crippen molar-refractivity contribution in [2.75, 3.05) is 11.9 Å². The largest absolute Gasteiger partial charge is 0.366 e. The van der Waals surface area contributed by atoms with Crippen LogP contribution in [0.4, 0.5) is 5.69 Å². The summed E-state index contributed by atoms with van der Waals surface area (Å²) in [5.74, 6) is 1.56. The lowest BCUT2D eigenvalue weighted by Crippen LogP contribution is -2.19. The third-order valence-corrected chi connectivity index (χ3v) is 3.82. The Morgan fingerprint density at radius 3 is 2.78 bits per heavy atom. The minimum atomic E-state index is 0.530. The molecule has 0 spiro atoms. The van der Waals surface area contributed by atoms with Gasteiger partial charge < -0.3 is 9.47 Å². The summed E-state index contributed by atoms with van der Waals surface area (Å²) < 4.78 is 3.08. The first-order chi connectivity index (χ1) is 8.61. The predicted molar refractivity (Wildman–Crippen MR) is 79.0 cm³/mol. The molecule has 0 fully saturated rings. The fraction of sp³-hybridized carbons (Fsp3) is 0.308. The topological polar surface area (TPSA) is 21.1 Å². The highest BCUT2D eigenvalue weighted by molar-refractivity contribution is 9.10. The number of halogens is 2. The fourth-order valence-corrected chi connectivity index (χ4v) is 2.68. The number of rotatable bonds is 4. The Morgan fingerprint density at radius 1 is 1.44 bits per heavy atom. The quantitative estimate of drug-likeness (QED) is 0.800. The lowest BCUT2D eigenvalue weighted by Gasteiger charge is -2.20. The van der Waals surface area contributed by atoms with Crippen LogP contribution in [0.2, 0.25) is 0 Å². The number of hydrogen-bond donors (Lipinski definition) is 0. The van der Waals surface area contributed by atoms with Gasteiger partial charge in [0.25, 0.3) is 0 Å². The number of nitrogens with zero attached hydrogens (tertiary/aromatic N) is 3. The molecule has 0 aliphatic heterocycles. The van der Waals surface area contributed by atoms with Gasteiger partial charge in [0.2, 0.25) is 0 Å². The number of alkyl halides is 1. The van der Waals surface area contributed by atoms with E-state index in [9.17, 15) is 0 Å². The summed E-state index contributed by atoms with van der Waals surface area (Å²) in [7, 11) is 4.05. The maximum atomic E-state index is 5.82. The van der Waals surface area contributed by atoms with Crippen LogP contribution in [0.1, 0.15) is 11.4 Å². The molecule has 0 unspecified atom stereocenters. The minimum Gasteiger partial charge on any atom is -0.366 e. The Bertz CT molecular complexity index is 539. The van der Waals surface area contributed by atoms with E-state index in [1.165, 1.54) is 0 Å². The molecule has 0 radical (unpaired) electrons. The lowest BCUT2D eigenvalue weighted by molar-refractivity contribution is 0.761. The average Bonchev–Trinajstić information content (AvgIpc) is 2.74. The summed E-state index contributed by atoms with van der Waals surface area (Å²) in [6.45, 7) is 0.766. The first-order valence-corrected chi connectivity index (χ1v) is 6.96. The van der Waals surface area contributed by atoms with E-state index >= 15 is 0 Å². The smallest absolute Gasteiger partial charge is 0.127 e. The molecule has 1 heterocycles. The van der Waals surface area contributed by atoms with Crippen molar-refractivity contribution in [3.63, 3.8) is 0 Å². The van der Waals surface area contributed by atoms with E-state index in [1.54, 1.807) is 0 Å². The molecule has 2 rings (SSSR count). The molecule has 5 heteroatoms. The Morgan fingerprint density at radius 2 is 2.22 bits per heavy atom. The van der Waals surface area contributed by atoms with E-state index in [4.69, 9.17) is 11.6 Å². The molecule has 2 aromatic rings. The van der Waals surface area contributed by atoms with Crippen LogP contribution in [0.25, 0.3) is 0 Å². The predicted octanol–water partition coefficient (Wildman–Crippen LogP) is 3.56. The standard InChI is InChI=1S/C13H15BrClN3/c1-17-6-5-16-13(17)9-18(2)12-4-3-10(8-15)7-11(12)14/h3-7H,8-9H2,1-2H3. The van der Waals surface area contributed by atoms with Gasteiger partial charge in [-0.05, 0) is 33.6 Å². The Labute approximate surface area is 121 Å². The van der Waals surface area contributed by atoms with Gasteiger partial charge in [0.05, 0.1) is 12.2 Å². The van der Waals surface area contributed by atoms with Gasteiger partial charge in [-0.25, -0.2) is 4.98 Å². The number of benzene rings is 1. The van der Waals surface area contributed by atoms with Crippen LogP contribution in [-0.4, -0.2) is 16.6 Å². The van der Waals surface area contributed by atoms with Gasteiger partial charge in [0.1, 0.15) is 5.82 Å². The number of hydrogen-bond acceptors (Lipinski definition) is 2. The second-order valence-electron chi connectivity index (χ2n) is 4.23. The molecular formula is C13H15BrClN3. The number of aromatic nitrogens is 2. The van der Waals surface area contributed by atoms with Gasteiger partial charge in [-0.2, -0.15) is 0 Å². The van der Waals surface area contributed by atoms with Crippen molar-refractivity contribution in [3.8, 4) is 0 Å². The molecule has 1 aromatic heterocycles. The molecule has 3 nitrogen and oxygen atoms in total. The zero-order valence-electron chi connectivity index (χ0n) is 10.4. The molecule has 0 bridgehead atoms. The lowest BCUT2D eigenvalue weighted by atomic mass is 10.2. The van der Waals surface area contributed by atoms with Crippen LogP contribution in [0.3, 0.4) is 0 Å². The molecule has 0 aliphatic rings. The van der Waals surface area contributed by atoms with Gasteiger partial charge in [0, 0.05) is 36.8 Å². The average molecular weight is 329 g/mol. The van der Waals surface area contributed by atoms with Gasteiger partial charge in [-0.15, -0.1) is 11.6 Å². The molecule has 0 saturated heterocycles. The van der Waals surface area contributed by atoms with Crippen molar-refractivity contribution < 1.29 is 0 Å². The van der Waals surface area contributed by atoms with Crippen LogP contribution < -0.4 is 4.90 Å². The zero-order valence-corrected chi connectivity index (χ0v) is 12.7. The third-order valence-electron chi connectivity index (χ3n) is 2.88. The van der Waals surface area contributed by atoms with Gasteiger partial charge in [-0.1, -0.05) is 6.07 Å². The van der Waals surface area contributed by atoms with Crippen molar-refractivity contribution in [1.82, 2.24) is 9.55 Å². The van der Waals surface area contributed by atoms with Crippen molar-refractivity contribution in [3.05, 3.63) is 46.5 Å². The van der Waals surface area contributed by atoms with Crippen LogP contribution in [0, 0.1) is 0 Å². The Balaban J connectivity index is 2.19. The minimum absolute atomic E-state index is 0.530. The van der Waals surface area contributed by atoms with E-state index in [0.717, 1.165) is 28.1 Å². The monoisotopic (exact) mass is 327 g/mol. The van der Waals surface area contributed by atoms with Crippen molar-refractivity contribution in [2.45, 2.75) is 12.4 Å². The number of anilines is 1. The number of aryl methyl sites for hydroxylation is 1. The number of imidazole rings is 1. The third kappa shape index (κ3) is 2.87. The maximum absolute atomic E-state index is 5.82. The highest BCUT2D eigenvalue weighted by Gasteiger charge is 2.09. The zero-order chi connectivity index (χ0) is 13.1. The molecule has 18 heavy (non-hydrogen) atoms. The SMILES string of the molecule is CN(Cc1nccn1C)c1ccc(CCl)cc1Br. The molecule has 0 aliphatic carbocycles. The molecule has 96 valence electrons. The van der Waals surface area contributed by atoms with E-state index in [2.05, 4.69) is 45.0 Å². The van der Waals surface area contributed by atoms with Gasteiger partial charge >= 0.3 is 0 Å². The summed E-state index contributed by atoms with van der Waals surface area (Å²) in [6.07, 6.45) is 3.77. The maximum Gasteiger partial charge on any atom is 0.127 e. The molecule has 1 aromatic carbocycles. The summed E-state index contributed by atoms with van der Waals surface area (Å²) in [6, 6.07) is 6.17. The highest BCUT2D eigenvalue weighted by atomic mass is 79.9. The molecular weight excluding hydrogens is 314 g/mol. The van der Waals surface area contributed by atoms with E-state index < -0.39 is 0 Å². The van der Waals surface area contributed by atoms with E-state index in [-0.39, 0.29) is 0 Å². The van der Waals surface area contributed by atoms with Crippen LogP contribution in [0.5, 0.6) is 0 Å². The van der Waals surface area contributed by atoms with Crippen LogP contribution in [-0.2, 0) is 19.5 Å². The first kappa shape index (κ1) is 13.4. The summed E-state index contributed by atoms with van der Waals surface area (Å²) in [5, 5.41) is 0. The summed E-state index contributed by atoms with van der Waals surface area (Å²) in [4.78, 5) is 6.49. The second kappa shape index (κ2) is 5.76. The second-order valence-corrected chi connectivity index (χ2v) is 5.35.